The molecule has 3 aromatic rings. The molecular weight excluding hydrogens is 310 g/mol. The van der Waals surface area contributed by atoms with E-state index in [-0.39, 0.29) is 5.56 Å². The lowest BCUT2D eigenvalue weighted by Crippen LogP contribution is -2.15. The van der Waals surface area contributed by atoms with E-state index in [1.807, 2.05) is 30.5 Å². The number of pyridine rings is 1. The van der Waals surface area contributed by atoms with E-state index in [1.165, 1.54) is 17.4 Å². The van der Waals surface area contributed by atoms with Gasteiger partial charge in [0, 0.05) is 34.7 Å². The quantitative estimate of drug-likeness (QED) is 0.740. The molecule has 1 aromatic carbocycles. The fraction of sp³-hybridized carbons (Fsp3) is 0.278. The van der Waals surface area contributed by atoms with E-state index in [1.54, 1.807) is 13.3 Å². The first-order valence-electron chi connectivity index (χ1n) is 7.66. The fourth-order valence-electron chi connectivity index (χ4n) is 2.73. The average Bonchev–Trinajstić information content (AvgIpc) is 3.24. The molecule has 5 heteroatoms. The summed E-state index contributed by atoms with van der Waals surface area (Å²) in [7, 11) is 1.73. The number of ether oxygens (including phenoxy) is 1. The molecule has 0 bridgehead atoms. The number of hydrogen-bond acceptors (Lipinski definition) is 4. The molecule has 0 atom stereocenters. The number of rotatable bonds is 4. The molecule has 0 N–H and O–H groups in total. The van der Waals surface area contributed by atoms with Crippen molar-refractivity contribution in [3.05, 3.63) is 47.1 Å². The summed E-state index contributed by atoms with van der Waals surface area (Å²) in [6.07, 6.45) is 5.86. The van der Waals surface area contributed by atoms with Crippen LogP contribution in [0.1, 0.15) is 12.8 Å². The molecule has 0 spiro atoms. The zero-order valence-corrected chi connectivity index (χ0v) is 13.7. The van der Waals surface area contributed by atoms with Crippen LogP contribution in [0.4, 0.5) is 0 Å². The Kier molecular flexibility index (Phi) is 3.45. The predicted molar refractivity (Wildman–Crippen MR) is 92.4 cm³/mol. The molecule has 118 valence electrons. The van der Waals surface area contributed by atoms with Crippen LogP contribution in [0.5, 0.6) is 5.75 Å². The Hall–Kier alpha value is -2.14. The second-order valence-corrected chi connectivity index (χ2v) is 6.57. The Labute approximate surface area is 139 Å². The number of furan rings is 1. The van der Waals surface area contributed by atoms with E-state index in [0.29, 0.717) is 11.5 Å². The van der Waals surface area contributed by atoms with Gasteiger partial charge in [0.25, 0.3) is 5.56 Å². The molecule has 0 saturated heterocycles. The largest absolute Gasteiger partial charge is 0.493 e. The van der Waals surface area contributed by atoms with Gasteiger partial charge < -0.3 is 13.7 Å². The summed E-state index contributed by atoms with van der Waals surface area (Å²) in [4.78, 5) is 13.0. The summed E-state index contributed by atoms with van der Waals surface area (Å²) in [6, 6.07) is 7.65. The van der Waals surface area contributed by atoms with Gasteiger partial charge in [0.2, 0.25) is 0 Å². The standard InChI is InChI=1S/C18H17NO3S/c1-19-9-15(13-6-7-21-17(13)18(19)20)14-8-12(23)4-5-16(14)22-10-11-2-3-11/h4-9,11,23H,2-3,10H2,1H3. The van der Waals surface area contributed by atoms with Crippen molar-refractivity contribution in [2.45, 2.75) is 17.7 Å². The van der Waals surface area contributed by atoms with Crippen LogP contribution in [0.2, 0.25) is 0 Å². The van der Waals surface area contributed by atoms with Crippen LogP contribution < -0.4 is 10.3 Å². The van der Waals surface area contributed by atoms with Crippen LogP contribution in [0.25, 0.3) is 22.1 Å². The lowest BCUT2D eigenvalue weighted by Gasteiger charge is -2.13. The third kappa shape index (κ3) is 2.65. The molecule has 0 amide bonds. The number of thiol groups is 1. The van der Waals surface area contributed by atoms with E-state index >= 15 is 0 Å². The number of nitrogens with zero attached hydrogens (tertiary/aromatic N) is 1. The van der Waals surface area contributed by atoms with Crippen LogP contribution in [0.3, 0.4) is 0 Å². The van der Waals surface area contributed by atoms with E-state index in [4.69, 9.17) is 9.15 Å². The molecule has 1 saturated carbocycles. The Morgan fingerprint density at radius 1 is 1.30 bits per heavy atom. The van der Waals surface area contributed by atoms with Crippen molar-refractivity contribution in [1.29, 1.82) is 0 Å². The lowest BCUT2D eigenvalue weighted by molar-refractivity contribution is 0.301. The topological polar surface area (TPSA) is 44.4 Å². The third-order valence-corrected chi connectivity index (χ3v) is 4.50. The van der Waals surface area contributed by atoms with Gasteiger partial charge in [0.05, 0.1) is 12.9 Å². The van der Waals surface area contributed by atoms with Gasteiger partial charge in [-0.2, -0.15) is 0 Å². The van der Waals surface area contributed by atoms with Gasteiger partial charge >= 0.3 is 0 Å². The molecule has 1 aliphatic rings. The Morgan fingerprint density at radius 2 is 2.13 bits per heavy atom. The van der Waals surface area contributed by atoms with Crippen LogP contribution in [-0.2, 0) is 7.05 Å². The first-order valence-corrected chi connectivity index (χ1v) is 8.11. The monoisotopic (exact) mass is 327 g/mol. The summed E-state index contributed by atoms with van der Waals surface area (Å²) >= 11 is 4.45. The van der Waals surface area contributed by atoms with Crippen molar-refractivity contribution in [3.8, 4) is 16.9 Å². The van der Waals surface area contributed by atoms with Gasteiger partial charge in [-0.05, 0) is 43.0 Å². The zero-order valence-electron chi connectivity index (χ0n) is 12.8. The van der Waals surface area contributed by atoms with Gasteiger partial charge in [0.1, 0.15) is 5.75 Å². The van der Waals surface area contributed by atoms with Gasteiger partial charge in [0.15, 0.2) is 5.58 Å². The van der Waals surface area contributed by atoms with E-state index in [2.05, 4.69) is 12.6 Å². The zero-order chi connectivity index (χ0) is 16.0. The first kappa shape index (κ1) is 14.5. The Balaban J connectivity index is 1.89. The molecule has 0 radical (unpaired) electrons. The van der Waals surface area contributed by atoms with Crippen LogP contribution >= 0.6 is 12.6 Å². The highest BCUT2D eigenvalue weighted by molar-refractivity contribution is 7.80. The highest BCUT2D eigenvalue weighted by Gasteiger charge is 2.23. The van der Waals surface area contributed by atoms with Crippen molar-refractivity contribution in [2.75, 3.05) is 6.61 Å². The van der Waals surface area contributed by atoms with Crippen molar-refractivity contribution < 1.29 is 9.15 Å². The van der Waals surface area contributed by atoms with E-state index < -0.39 is 0 Å². The normalized spacial score (nSPS) is 14.3. The second-order valence-electron chi connectivity index (χ2n) is 6.06. The highest BCUT2D eigenvalue weighted by atomic mass is 32.1. The third-order valence-electron chi connectivity index (χ3n) is 4.22. The van der Waals surface area contributed by atoms with Crippen molar-refractivity contribution in [2.24, 2.45) is 13.0 Å². The number of fused-ring (bicyclic) bond motifs is 1. The first-order chi connectivity index (χ1) is 11.1. The molecule has 2 aromatic heterocycles. The Bertz CT molecular complexity index is 937. The minimum atomic E-state index is -0.142. The average molecular weight is 327 g/mol. The van der Waals surface area contributed by atoms with Gasteiger partial charge in [-0.15, -0.1) is 12.6 Å². The van der Waals surface area contributed by atoms with Crippen molar-refractivity contribution in [3.63, 3.8) is 0 Å². The predicted octanol–water partition coefficient (Wildman–Crippen LogP) is 3.88. The van der Waals surface area contributed by atoms with Crippen LogP contribution in [0.15, 0.2) is 50.8 Å². The summed E-state index contributed by atoms with van der Waals surface area (Å²) in [5, 5.41) is 0.795. The number of hydrogen-bond donors (Lipinski definition) is 1. The molecule has 4 nitrogen and oxygen atoms in total. The Morgan fingerprint density at radius 3 is 2.91 bits per heavy atom. The van der Waals surface area contributed by atoms with Crippen molar-refractivity contribution >= 4 is 23.6 Å². The molecule has 4 rings (SSSR count). The number of benzene rings is 1. The summed E-state index contributed by atoms with van der Waals surface area (Å²) < 4.78 is 12.9. The lowest BCUT2D eigenvalue weighted by atomic mass is 10.0. The van der Waals surface area contributed by atoms with Gasteiger partial charge in [-0.3, -0.25) is 4.79 Å². The second kappa shape index (κ2) is 5.49. The highest BCUT2D eigenvalue weighted by Crippen LogP contribution is 2.37. The maximum absolute atomic E-state index is 12.2. The summed E-state index contributed by atoms with van der Waals surface area (Å²) in [5.41, 5.74) is 2.07. The number of aromatic nitrogens is 1. The number of aryl methyl sites for hydroxylation is 1. The van der Waals surface area contributed by atoms with Gasteiger partial charge in [-0.1, -0.05) is 0 Å². The molecule has 23 heavy (non-hydrogen) atoms. The SMILES string of the molecule is Cn1cc(-c2cc(S)ccc2OCC2CC2)c2ccoc2c1=O. The molecule has 1 aliphatic carbocycles. The maximum atomic E-state index is 12.2. The fourth-order valence-corrected chi connectivity index (χ4v) is 2.93. The van der Waals surface area contributed by atoms with Crippen LogP contribution in [0, 0.1) is 5.92 Å². The summed E-state index contributed by atoms with van der Waals surface area (Å²) in [5.74, 6) is 1.49. The molecule has 0 unspecified atom stereocenters. The maximum Gasteiger partial charge on any atom is 0.293 e. The smallest absolute Gasteiger partial charge is 0.293 e. The molecular formula is C18H17NO3S. The van der Waals surface area contributed by atoms with Crippen molar-refractivity contribution in [1.82, 2.24) is 4.57 Å². The van der Waals surface area contributed by atoms with Gasteiger partial charge in [-0.25, -0.2) is 0 Å². The molecule has 0 aliphatic heterocycles. The minimum absolute atomic E-state index is 0.142. The van der Waals surface area contributed by atoms with E-state index in [9.17, 15) is 4.79 Å². The van der Waals surface area contributed by atoms with Crippen LogP contribution in [-0.4, -0.2) is 11.2 Å². The minimum Gasteiger partial charge on any atom is -0.493 e. The molecule has 1 fully saturated rings. The van der Waals surface area contributed by atoms with E-state index in [0.717, 1.165) is 33.8 Å². The summed E-state index contributed by atoms with van der Waals surface area (Å²) in [6.45, 7) is 0.735. The molecule has 2 heterocycles.